The van der Waals surface area contributed by atoms with E-state index in [-0.39, 0.29) is 11.9 Å². The quantitative estimate of drug-likeness (QED) is 0.944. The fraction of sp³-hybridized carbons (Fsp3) is 0.412. The minimum Gasteiger partial charge on any atom is -0.497 e. The second-order valence-corrected chi connectivity index (χ2v) is 6.36. The van der Waals surface area contributed by atoms with E-state index in [4.69, 9.17) is 4.74 Å². The summed E-state index contributed by atoms with van der Waals surface area (Å²) in [7, 11) is 1.64. The van der Waals surface area contributed by atoms with Gasteiger partial charge < -0.3 is 10.1 Å². The number of hydrogen-bond acceptors (Lipinski definition) is 3. The van der Waals surface area contributed by atoms with Gasteiger partial charge in [0.15, 0.2) is 0 Å². The van der Waals surface area contributed by atoms with E-state index in [0.717, 1.165) is 17.0 Å². The normalized spacial score (nSPS) is 12.8. The number of aromatic nitrogens is 2. The van der Waals surface area contributed by atoms with Crippen LogP contribution in [0.15, 0.2) is 36.7 Å². The monoisotopic (exact) mass is 301 g/mol. The van der Waals surface area contributed by atoms with Crippen molar-refractivity contribution in [3.8, 4) is 11.4 Å². The molecule has 2 aromatic rings. The number of benzene rings is 1. The zero-order chi connectivity index (χ0) is 16.3. The summed E-state index contributed by atoms with van der Waals surface area (Å²) in [5, 5.41) is 7.36. The molecule has 0 aliphatic heterocycles. The predicted molar refractivity (Wildman–Crippen MR) is 86.1 cm³/mol. The van der Waals surface area contributed by atoms with Crippen molar-refractivity contribution in [1.82, 2.24) is 15.1 Å². The minimum atomic E-state index is -0.403. The van der Waals surface area contributed by atoms with E-state index in [1.165, 1.54) is 0 Å². The summed E-state index contributed by atoms with van der Waals surface area (Å²) in [6.45, 7) is 7.65. The Morgan fingerprint density at radius 3 is 2.45 bits per heavy atom. The number of methoxy groups -OCH3 is 1. The molecule has 1 heterocycles. The molecule has 2 rings (SSSR count). The standard InChI is InChI=1S/C17H23N3O2/c1-12(19-16(21)17(2,3)4)13-10-18-20(11-13)14-6-8-15(22-5)9-7-14/h6-12H,1-5H3,(H,19,21). The van der Waals surface area contributed by atoms with Crippen LogP contribution in [0.5, 0.6) is 5.75 Å². The Balaban J connectivity index is 2.11. The third-order valence-corrected chi connectivity index (χ3v) is 3.47. The van der Waals surface area contributed by atoms with Gasteiger partial charge in [0.1, 0.15) is 5.75 Å². The molecule has 0 fully saturated rings. The van der Waals surface area contributed by atoms with Gasteiger partial charge in [0.05, 0.1) is 25.0 Å². The molecule has 0 aliphatic carbocycles. The minimum absolute atomic E-state index is 0.0252. The summed E-state index contributed by atoms with van der Waals surface area (Å²) in [6, 6.07) is 7.57. The van der Waals surface area contributed by atoms with Crippen molar-refractivity contribution in [3.63, 3.8) is 0 Å². The molecule has 1 unspecified atom stereocenters. The van der Waals surface area contributed by atoms with Gasteiger partial charge in [-0.25, -0.2) is 4.68 Å². The number of ether oxygens (including phenoxy) is 1. The maximum Gasteiger partial charge on any atom is 0.225 e. The van der Waals surface area contributed by atoms with Gasteiger partial charge in [-0.2, -0.15) is 5.10 Å². The van der Waals surface area contributed by atoms with E-state index in [2.05, 4.69) is 10.4 Å². The first-order chi connectivity index (χ1) is 10.3. The Bertz CT molecular complexity index is 639. The van der Waals surface area contributed by atoms with Crippen LogP contribution in [0, 0.1) is 5.41 Å². The van der Waals surface area contributed by atoms with Crippen LogP contribution in [0.25, 0.3) is 5.69 Å². The molecule has 1 N–H and O–H groups in total. The van der Waals surface area contributed by atoms with Crippen LogP contribution >= 0.6 is 0 Å². The maximum absolute atomic E-state index is 12.0. The van der Waals surface area contributed by atoms with Crippen molar-refractivity contribution in [1.29, 1.82) is 0 Å². The number of amides is 1. The molecular weight excluding hydrogens is 278 g/mol. The zero-order valence-corrected chi connectivity index (χ0v) is 13.8. The molecule has 0 saturated carbocycles. The molecule has 0 saturated heterocycles. The number of rotatable bonds is 4. The highest BCUT2D eigenvalue weighted by Crippen LogP contribution is 2.19. The Kier molecular flexibility index (Phi) is 4.54. The molecule has 5 nitrogen and oxygen atoms in total. The molecular formula is C17H23N3O2. The van der Waals surface area contributed by atoms with Crippen molar-refractivity contribution in [3.05, 3.63) is 42.2 Å². The first kappa shape index (κ1) is 16.1. The van der Waals surface area contributed by atoms with Gasteiger partial charge >= 0.3 is 0 Å². The Labute approximate surface area is 131 Å². The van der Waals surface area contributed by atoms with E-state index in [0.29, 0.717) is 0 Å². The topological polar surface area (TPSA) is 56.1 Å². The van der Waals surface area contributed by atoms with Gasteiger partial charge in [-0.05, 0) is 31.2 Å². The SMILES string of the molecule is COc1ccc(-n2cc(C(C)NC(=O)C(C)(C)C)cn2)cc1. The van der Waals surface area contributed by atoms with E-state index in [9.17, 15) is 4.79 Å². The molecule has 1 aromatic carbocycles. The number of carbonyl (C=O) groups excluding carboxylic acids is 1. The van der Waals surface area contributed by atoms with Gasteiger partial charge in [-0.3, -0.25) is 4.79 Å². The van der Waals surface area contributed by atoms with E-state index < -0.39 is 5.41 Å². The molecule has 0 bridgehead atoms. The molecule has 0 radical (unpaired) electrons. The first-order valence-electron chi connectivity index (χ1n) is 7.31. The lowest BCUT2D eigenvalue weighted by Crippen LogP contribution is -2.36. The summed E-state index contributed by atoms with van der Waals surface area (Å²) in [5.41, 5.74) is 1.51. The molecule has 1 atom stereocenters. The molecule has 0 spiro atoms. The Hall–Kier alpha value is -2.30. The van der Waals surface area contributed by atoms with Crippen molar-refractivity contribution in [2.45, 2.75) is 33.7 Å². The number of hydrogen-bond donors (Lipinski definition) is 1. The van der Waals surface area contributed by atoms with Crippen molar-refractivity contribution in [2.75, 3.05) is 7.11 Å². The number of nitrogens with one attached hydrogen (secondary N) is 1. The van der Waals surface area contributed by atoms with Crippen LogP contribution in [0.2, 0.25) is 0 Å². The average molecular weight is 301 g/mol. The average Bonchev–Trinajstić information content (AvgIpc) is 2.96. The molecule has 0 aliphatic rings. The predicted octanol–water partition coefficient (Wildman–Crippen LogP) is 3.10. The highest BCUT2D eigenvalue weighted by Gasteiger charge is 2.23. The van der Waals surface area contributed by atoms with Crippen LogP contribution in [0.1, 0.15) is 39.3 Å². The Morgan fingerprint density at radius 1 is 1.27 bits per heavy atom. The summed E-state index contributed by atoms with van der Waals surface area (Å²) >= 11 is 0. The highest BCUT2D eigenvalue weighted by molar-refractivity contribution is 5.81. The zero-order valence-electron chi connectivity index (χ0n) is 13.8. The van der Waals surface area contributed by atoms with Crippen LogP contribution < -0.4 is 10.1 Å². The third kappa shape index (κ3) is 3.67. The van der Waals surface area contributed by atoms with Gasteiger partial charge in [0, 0.05) is 17.2 Å². The second kappa shape index (κ2) is 6.22. The molecule has 1 amide bonds. The largest absolute Gasteiger partial charge is 0.497 e. The summed E-state index contributed by atoms with van der Waals surface area (Å²) < 4.78 is 6.93. The fourth-order valence-corrected chi connectivity index (χ4v) is 1.93. The third-order valence-electron chi connectivity index (χ3n) is 3.47. The van der Waals surface area contributed by atoms with E-state index in [1.54, 1.807) is 18.0 Å². The number of nitrogens with zero attached hydrogens (tertiary/aromatic N) is 2. The van der Waals surface area contributed by atoms with E-state index >= 15 is 0 Å². The lowest BCUT2D eigenvalue weighted by molar-refractivity contribution is -0.129. The van der Waals surface area contributed by atoms with Gasteiger partial charge in [0.2, 0.25) is 5.91 Å². The van der Waals surface area contributed by atoms with Gasteiger partial charge in [-0.15, -0.1) is 0 Å². The van der Waals surface area contributed by atoms with Gasteiger partial charge in [0.25, 0.3) is 0 Å². The lowest BCUT2D eigenvalue weighted by atomic mass is 9.95. The van der Waals surface area contributed by atoms with Crippen molar-refractivity contribution < 1.29 is 9.53 Å². The fourth-order valence-electron chi connectivity index (χ4n) is 1.93. The molecule has 5 heteroatoms. The molecule has 1 aromatic heterocycles. The first-order valence-corrected chi connectivity index (χ1v) is 7.31. The number of carbonyl (C=O) groups is 1. The summed E-state index contributed by atoms with van der Waals surface area (Å²) in [6.07, 6.45) is 3.70. The molecule has 118 valence electrons. The van der Waals surface area contributed by atoms with Crippen LogP contribution in [0.4, 0.5) is 0 Å². The van der Waals surface area contributed by atoms with Crippen LogP contribution in [-0.4, -0.2) is 22.8 Å². The van der Waals surface area contributed by atoms with Crippen molar-refractivity contribution >= 4 is 5.91 Å². The maximum atomic E-state index is 12.0. The van der Waals surface area contributed by atoms with Crippen molar-refractivity contribution in [2.24, 2.45) is 5.41 Å². The smallest absolute Gasteiger partial charge is 0.225 e. The highest BCUT2D eigenvalue weighted by atomic mass is 16.5. The molecule has 22 heavy (non-hydrogen) atoms. The lowest BCUT2D eigenvalue weighted by Gasteiger charge is -2.21. The second-order valence-electron chi connectivity index (χ2n) is 6.36. The summed E-state index contributed by atoms with van der Waals surface area (Å²) in [5.74, 6) is 0.833. The van der Waals surface area contributed by atoms with Gasteiger partial charge in [-0.1, -0.05) is 20.8 Å². The van der Waals surface area contributed by atoms with Crippen LogP contribution in [-0.2, 0) is 4.79 Å². The Morgan fingerprint density at radius 2 is 1.91 bits per heavy atom. The summed E-state index contributed by atoms with van der Waals surface area (Å²) in [4.78, 5) is 12.0. The van der Waals surface area contributed by atoms with Crippen LogP contribution in [0.3, 0.4) is 0 Å². The van der Waals surface area contributed by atoms with E-state index in [1.807, 2.05) is 58.2 Å².